The molecule has 0 saturated heterocycles. The zero-order chi connectivity index (χ0) is 16.2. The molecule has 0 heterocycles. The highest BCUT2D eigenvalue weighted by Gasteiger charge is 2.27. The Kier molecular flexibility index (Phi) is 4.63. The Morgan fingerprint density at radius 1 is 1.13 bits per heavy atom. The molecule has 0 bridgehead atoms. The first kappa shape index (κ1) is 15.6. The third kappa shape index (κ3) is 3.54. The standard InChI is InChI=1S/C19H22N2O2/c20-19(22)21(23)18-8-4-7-16-13-15(11-12-17(16)18)10-9-14-5-2-1-3-6-14/h1-3,5-6,11-13,18,23H,4,7-10H2,(H2,20,22). The second-order valence-electron chi connectivity index (χ2n) is 6.11. The van der Waals surface area contributed by atoms with Crippen LogP contribution in [-0.4, -0.2) is 16.3 Å². The lowest BCUT2D eigenvalue weighted by atomic mass is 9.86. The van der Waals surface area contributed by atoms with E-state index in [1.54, 1.807) is 0 Å². The van der Waals surface area contributed by atoms with E-state index < -0.39 is 6.03 Å². The molecule has 0 fully saturated rings. The van der Waals surface area contributed by atoms with E-state index in [-0.39, 0.29) is 6.04 Å². The molecular formula is C19H22N2O2. The Labute approximate surface area is 136 Å². The summed E-state index contributed by atoms with van der Waals surface area (Å²) >= 11 is 0. The number of carbonyl (C=O) groups is 1. The molecule has 2 aromatic rings. The highest BCUT2D eigenvalue weighted by molar-refractivity contribution is 5.71. The van der Waals surface area contributed by atoms with Gasteiger partial charge >= 0.3 is 6.03 Å². The number of amides is 2. The van der Waals surface area contributed by atoms with E-state index >= 15 is 0 Å². The number of benzene rings is 2. The van der Waals surface area contributed by atoms with Gasteiger partial charge in [0, 0.05) is 0 Å². The highest BCUT2D eigenvalue weighted by Crippen LogP contribution is 2.34. The van der Waals surface area contributed by atoms with Crippen molar-refractivity contribution in [2.75, 3.05) is 0 Å². The molecule has 0 saturated carbocycles. The summed E-state index contributed by atoms with van der Waals surface area (Å²) in [4.78, 5) is 11.2. The van der Waals surface area contributed by atoms with Crippen molar-refractivity contribution in [2.24, 2.45) is 5.73 Å². The topological polar surface area (TPSA) is 66.6 Å². The molecule has 4 heteroatoms. The summed E-state index contributed by atoms with van der Waals surface area (Å²) in [5.41, 5.74) is 10.1. The molecule has 3 rings (SSSR count). The second kappa shape index (κ2) is 6.84. The predicted octanol–water partition coefficient (Wildman–Crippen LogP) is 3.62. The summed E-state index contributed by atoms with van der Waals surface area (Å²) in [6.07, 6.45) is 4.68. The molecule has 4 nitrogen and oxygen atoms in total. The number of urea groups is 1. The number of primary amides is 1. The Morgan fingerprint density at radius 2 is 1.87 bits per heavy atom. The van der Waals surface area contributed by atoms with Crippen molar-refractivity contribution in [3.05, 3.63) is 70.8 Å². The maximum atomic E-state index is 11.2. The molecular weight excluding hydrogens is 288 g/mol. The lowest BCUT2D eigenvalue weighted by Gasteiger charge is -2.30. The molecule has 120 valence electrons. The maximum absolute atomic E-state index is 11.2. The van der Waals surface area contributed by atoms with E-state index in [4.69, 9.17) is 5.73 Å². The van der Waals surface area contributed by atoms with Crippen molar-refractivity contribution in [3.8, 4) is 0 Å². The van der Waals surface area contributed by atoms with Crippen molar-refractivity contribution in [2.45, 2.75) is 38.1 Å². The summed E-state index contributed by atoms with van der Waals surface area (Å²) in [6, 6.07) is 15.7. The van der Waals surface area contributed by atoms with Crippen LogP contribution in [0.5, 0.6) is 0 Å². The van der Waals surface area contributed by atoms with Gasteiger partial charge in [-0.15, -0.1) is 0 Å². The van der Waals surface area contributed by atoms with Gasteiger partial charge in [-0.3, -0.25) is 5.21 Å². The number of aryl methyl sites for hydroxylation is 3. The summed E-state index contributed by atoms with van der Waals surface area (Å²) in [6.45, 7) is 0. The molecule has 1 aliphatic rings. The largest absolute Gasteiger partial charge is 0.350 e. The van der Waals surface area contributed by atoms with Gasteiger partial charge < -0.3 is 5.73 Å². The van der Waals surface area contributed by atoms with Crippen LogP contribution in [0.3, 0.4) is 0 Å². The maximum Gasteiger partial charge on any atom is 0.339 e. The fourth-order valence-corrected chi connectivity index (χ4v) is 3.34. The van der Waals surface area contributed by atoms with E-state index in [2.05, 4.69) is 36.4 Å². The first-order chi connectivity index (χ1) is 11.1. The zero-order valence-corrected chi connectivity index (χ0v) is 13.1. The first-order valence-corrected chi connectivity index (χ1v) is 8.08. The molecule has 23 heavy (non-hydrogen) atoms. The fraction of sp³-hybridized carbons (Fsp3) is 0.316. The van der Waals surface area contributed by atoms with E-state index in [1.165, 1.54) is 16.7 Å². The molecule has 2 amide bonds. The normalized spacial score (nSPS) is 16.7. The minimum absolute atomic E-state index is 0.320. The minimum atomic E-state index is -0.795. The SMILES string of the molecule is NC(=O)N(O)C1CCCc2cc(CCc3ccccc3)ccc21. The molecule has 0 spiro atoms. The highest BCUT2D eigenvalue weighted by atomic mass is 16.5. The van der Waals surface area contributed by atoms with Crippen molar-refractivity contribution in [1.29, 1.82) is 0 Å². The van der Waals surface area contributed by atoms with E-state index in [0.29, 0.717) is 5.06 Å². The summed E-state index contributed by atoms with van der Waals surface area (Å²) in [7, 11) is 0. The van der Waals surface area contributed by atoms with Gasteiger partial charge in [0.15, 0.2) is 0 Å². The smallest absolute Gasteiger partial charge is 0.339 e. The fourth-order valence-electron chi connectivity index (χ4n) is 3.34. The molecule has 1 unspecified atom stereocenters. The number of hydrogen-bond acceptors (Lipinski definition) is 2. The van der Waals surface area contributed by atoms with Crippen molar-refractivity contribution in [1.82, 2.24) is 5.06 Å². The second-order valence-corrected chi connectivity index (χ2v) is 6.11. The van der Waals surface area contributed by atoms with Gasteiger partial charge in [-0.2, -0.15) is 5.06 Å². The Bertz CT molecular complexity index is 685. The molecule has 0 aromatic heterocycles. The molecule has 0 aliphatic heterocycles. The van der Waals surface area contributed by atoms with Gasteiger partial charge in [0.1, 0.15) is 0 Å². The molecule has 1 atom stereocenters. The van der Waals surface area contributed by atoms with Crippen molar-refractivity contribution >= 4 is 6.03 Å². The van der Waals surface area contributed by atoms with Crippen LogP contribution in [0.15, 0.2) is 48.5 Å². The molecule has 2 aromatic carbocycles. The van der Waals surface area contributed by atoms with Crippen LogP contribution in [0.2, 0.25) is 0 Å². The third-order valence-electron chi connectivity index (χ3n) is 4.56. The van der Waals surface area contributed by atoms with Gasteiger partial charge in [-0.25, -0.2) is 4.79 Å². The van der Waals surface area contributed by atoms with Gasteiger partial charge in [-0.05, 0) is 54.4 Å². The Morgan fingerprint density at radius 3 is 2.61 bits per heavy atom. The van der Waals surface area contributed by atoms with Crippen LogP contribution in [0, 0.1) is 0 Å². The predicted molar refractivity (Wildman–Crippen MR) is 89.2 cm³/mol. The Hall–Kier alpha value is -2.33. The van der Waals surface area contributed by atoms with Crippen LogP contribution in [0.1, 0.15) is 41.1 Å². The van der Waals surface area contributed by atoms with E-state index in [1.807, 2.05) is 12.1 Å². The van der Waals surface area contributed by atoms with E-state index in [0.717, 1.165) is 37.7 Å². The quantitative estimate of drug-likeness (QED) is 0.669. The average molecular weight is 310 g/mol. The summed E-state index contributed by atoms with van der Waals surface area (Å²) in [5, 5.41) is 10.5. The molecule has 3 N–H and O–H groups in total. The van der Waals surface area contributed by atoms with Gasteiger partial charge in [0.25, 0.3) is 0 Å². The number of hydroxylamine groups is 2. The lowest BCUT2D eigenvalue weighted by molar-refractivity contribution is -0.0808. The lowest BCUT2D eigenvalue weighted by Crippen LogP contribution is -2.37. The van der Waals surface area contributed by atoms with Crippen LogP contribution in [0.25, 0.3) is 0 Å². The van der Waals surface area contributed by atoms with E-state index in [9.17, 15) is 10.0 Å². The van der Waals surface area contributed by atoms with Gasteiger partial charge in [0.2, 0.25) is 0 Å². The summed E-state index contributed by atoms with van der Waals surface area (Å²) < 4.78 is 0. The zero-order valence-electron chi connectivity index (χ0n) is 13.1. The molecule has 0 radical (unpaired) electrons. The number of carbonyl (C=O) groups excluding carboxylic acids is 1. The van der Waals surface area contributed by atoms with Crippen LogP contribution >= 0.6 is 0 Å². The first-order valence-electron chi connectivity index (χ1n) is 8.08. The van der Waals surface area contributed by atoms with Gasteiger partial charge in [0.05, 0.1) is 6.04 Å². The molecule has 1 aliphatic carbocycles. The minimum Gasteiger partial charge on any atom is -0.350 e. The Balaban J connectivity index is 1.75. The number of nitrogens with zero attached hydrogens (tertiary/aromatic N) is 1. The third-order valence-corrected chi connectivity index (χ3v) is 4.56. The summed E-state index contributed by atoms with van der Waals surface area (Å²) in [5.74, 6) is 0. The average Bonchev–Trinajstić information content (AvgIpc) is 2.59. The number of fused-ring (bicyclic) bond motifs is 1. The van der Waals surface area contributed by atoms with Crippen LogP contribution in [-0.2, 0) is 19.3 Å². The monoisotopic (exact) mass is 310 g/mol. The number of nitrogens with two attached hydrogens (primary N) is 1. The van der Waals surface area contributed by atoms with Crippen LogP contribution in [0.4, 0.5) is 4.79 Å². The van der Waals surface area contributed by atoms with Crippen LogP contribution < -0.4 is 5.73 Å². The number of hydrogen-bond donors (Lipinski definition) is 2. The number of rotatable bonds is 4. The van der Waals surface area contributed by atoms with Crippen molar-refractivity contribution < 1.29 is 10.0 Å². The van der Waals surface area contributed by atoms with Gasteiger partial charge in [-0.1, -0.05) is 48.5 Å². The van der Waals surface area contributed by atoms with Crippen molar-refractivity contribution in [3.63, 3.8) is 0 Å².